The number of hydrogen-bond donors (Lipinski definition) is 2. The summed E-state index contributed by atoms with van der Waals surface area (Å²) < 4.78 is 10.9. The summed E-state index contributed by atoms with van der Waals surface area (Å²) in [4.78, 5) is 16.6. The van der Waals surface area contributed by atoms with E-state index in [1.54, 1.807) is 12.1 Å². The molecule has 2 heterocycles. The Hall–Kier alpha value is -2.93. The number of nitrogens with zero attached hydrogens (tertiary/aromatic N) is 2. The summed E-state index contributed by atoms with van der Waals surface area (Å²) >= 11 is 0. The lowest BCUT2D eigenvalue weighted by atomic mass is 10.1. The lowest BCUT2D eigenvalue weighted by molar-refractivity contribution is -0.135. The number of nitrogens with one attached hydrogen (secondary N) is 1. The number of fused-ring (bicyclic) bond motifs is 1. The van der Waals surface area contributed by atoms with Crippen LogP contribution in [0.15, 0.2) is 42.5 Å². The predicted octanol–water partition coefficient (Wildman–Crippen LogP) is 2.61. The number of amides is 1. The zero-order chi connectivity index (χ0) is 19.5. The van der Waals surface area contributed by atoms with Crippen molar-refractivity contribution in [1.29, 1.82) is 0 Å². The van der Waals surface area contributed by atoms with Crippen LogP contribution in [0.1, 0.15) is 18.9 Å². The molecule has 148 valence electrons. The minimum Gasteiger partial charge on any atom is -0.508 e. The molecular weight excluding hydrogens is 358 g/mol. The predicted molar refractivity (Wildman–Crippen MR) is 105 cm³/mol. The average Bonchev–Trinajstić information content (AvgIpc) is 3.17. The Labute approximate surface area is 164 Å². The first-order valence-electron chi connectivity index (χ1n) is 9.58. The molecule has 2 aliphatic rings. The maximum atomic E-state index is 12.4. The highest BCUT2D eigenvalue weighted by molar-refractivity contribution is 5.76. The Balaban J connectivity index is 1.46. The van der Waals surface area contributed by atoms with Crippen molar-refractivity contribution >= 4 is 11.6 Å². The van der Waals surface area contributed by atoms with E-state index >= 15 is 0 Å². The van der Waals surface area contributed by atoms with Crippen molar-refractivity contribution in [3.05, 3.63) is 48.0 Å². The summed E-state index contributed by atoms with van der Waals surface area (Å²) in [7, 11) is 0. The molecule has 28 heavy (non-hydrogen) atoms. The van der Waals surface area contributed by atoms with Crippen LogP contribution in [-0.2, 0) is 11.3 Å². The molecule has 0 saturated carbocycles. The van der Waals surface area contributed by atoms with Crippen molar-refractivity contribution in [2.45, 2.75) is 26.1 Å². The van der Waals surface area contributed by atoms with Gasteiger partial charge in [-0.1, -0.05) is 13.0 Å². The summed E-state index contributed by atoms with van der Waals surface area (Å²) in [5, 5.41) is 12.9. The van der Waals surface area contributed by atoms with E-state index in [2.05, 4.69) is 16.3 Å². The maximum Gasteiger partial charge on any atom is 0.231 e. The number of aromatic hydroxyl groups is 1. The second-order valence-corrected chi connectivity index (χ2v) is 7.07. The average molecular weight is 383 g/mol. The van der Waals surface area contributed by atoms with Gasteiger partial charge in [-0.05, 0) is 42.0 Å². The van der Waals surface area contributed by atoms with Crippen LogP contribution < -0.4 is 14.8 Å². The molecule has 2 aliphatic heterocycles. The molecule has 1 atom stereocenters. The van der Waals surface area contributed by atoms with Crippen LogP contribution in [0.2, 0.25) is 0 Å². The van der Waals surface area contributed by atoms with Gasteiger partial charge in [0, 0.05) is 38.3 Å². The fraction of sp³-hybridized carbons (Fsp3) is 0.381. The maximum absolute atomic E-state index is 12.4. The van der Waals surface area contributed by atoms with Gasteiger partial charge in [0.2, 0.25) is 12.7 Å². The highest BCUT2D eigenvalue weighted by atomic mass is 16.7. The quantitative estimate of drug-likeness (QED) is 0.774. The van der Waals surface area contributed by atoms with Gasteiger partial charge in [-0.15, -0.1) is 0 Å². The minimum absolute atomic E-state index is 0.125. The van der Waals surface area contributed by atoms with E-state index in [-0.39, 0.29) is 24.6 Å². The van der Waals surface area contributed by atoms with Crippen molar-refractivity contribution in [3.8, 4) is 17.2 Å². The van der Waals surface area contributed by atoms with E-state index in [1.807, 2.05) is 36.1 Å². The molecule has 0 bridgehead atoms. The van der Waals surface area contributed by atoms with Crippen molar-refractivity contribution in [3.63, 3.8) is 0 Å². The van der Waals surface area contributed by atoms with Crippen LogP contribution in [0.4, 0.5) is 5.69 Å². The third-order valence-electron chi connectivity index (χ3n) is 5.13. The number of anilines is 1. The molecule has 2 N–H and O–H groups in total. The van der Waals surface area contributed by atoms with Gasteiger partial charge in [-0.25, -0.2) is 0 Å². The summed E-state index contributed by atoms with van der Waals surface area (Å²) in [5.74, 6) is 1.93. The molecular formula is C21H25N3O4. The van der Waals surface area contributed by atoms with Crippen LogP contribution in [0.5, 0.6) is 17.2 Å². The van der Waals surface area contributed by atoms with Crippen molar-refractivity contribution < 1.29 is 19.4 Å². The van der Waals surface area contributed by atoms with E-state index in [9.17, 15) is 9.90 Å². The summed E-state index contributed by atoms with van der Waals surface area (Å²) in [6.45, 7) is 5.13. The van der Waals surface area contributed by atoms with Crippen molar-refractivity contribution in [2.24, 2.45) is 0 Å². The molecule has 1 unspecified atom stereocenters. The fourth-order valence-corrected chi connectivity index (χ4v) is 3.66. The molecule has 0 aromatic heterocycles. The molecule has 1 saturated heterocycles. The zero-order valence-corrected chi connectivity index (χ0v) is 15.9. The van der Waals surface area contributed by atoms with Gasteiger partial charge in [0.25, 0.3) is 0 Å². The van der Waals surface area contributed by atoms with E-state index in [4.69, 9.17) is 9.47 Å². The third kappa shape index (κ3) is 3.99. The van der Waals surface area contributed by atoms with Gasteiger partial charge in [0.05, 0.1) is 0 Å². The van der Waals surface area contributed by atoms with Crippen molar-refractivity contribution in [2.75, 3.05) is 31.7 Å². The Kier molecular flexibility index (Phi) is 5.25. The summed E-state index contributed by atoms with van der Waals surface area (Å²) in [6, 6.07) is 12.9. The largest absolute Gasteiger partial charge is 0.508 e. The molecule has 7 heteroatoms. The standard InChI is InChI=1S/C21H25N3O4/c1-2-21(26)24-10-9-23(12-15-3-8-18-19(11-15)28-14-27-18)13-20(24)22-16-4-6-17(25)7-5-16/h3-8,11,20,22,25H,2,9-10,12-14H2,1H3. The van der Waals surface area contributed by atoms with Gasteiger partial charge >= 0.3 is 0 Å². The first-order valence-corrected chi connectivity index (χ1v) is 9.58. The van der Waals surface area contributed by atoms with Gasteiger partial charge in [-0.3, -0.25) is 9.69 Å². The number of phenols is 1. The Bertz CT molecular complexity index is 840. The van der Waals surface area contributed by atoms with E-state index < -0.39 is 0 Å². The van der Waals surface area contributed by atoms with Gasteiger partial charge in [0.1, 0.15) is 11.9 Å². The van der Waals surface area contributed by atoms with E-state index in [0.29, 0.717) is 19.5 Å². The second kappa shape index (κ2) is 7.98. The monoisotopic (exact) mass is 383 g/mol. The number of carbonyl (C=O) groups is 1. The second-order valence-electron chi connectivity index (χ2n) is 7.07. The molecule has 0 aliphatic carbocycles. The smallest absolute Gasteiger partial charge is 0.231 e. The molecule has 4 rings (SSSR count). The number of phenolic OH excluding ortho intramolecular Hbond substituents is 1. The number of piperazine rings is 1. The first-order chi connectivity index (χ1) is 13.6. The van der Waals surface area contributed by atoms with Gasteiger partial charge in [0.15, 0.2) is 11.5 Å². The topological polar surface area (TPSA) is 74.3 Å². The number of carbonyl (C=O) groups excluding carboxylic acids is 1. The van der Waals surface area contributed by atoms with E-state index in [0.717, 1.165) is 35.8 Å². The lowest BCUT2D eigenvalue weighted by Crippen LogP contribution is -2.57. The number of benzene rings is 2. The van der Waals surface area contributed by atoms with Crippen LogP contribution >= 0.6 is 0 Å². The summed E-state index contributed by atoms with van der Waals surface area (Å²) in [5.41, 5.74) is 2.03. The molecule has 2 aromatic carbocycles. The van der Waals surface area contributed by atoms with Gasteiger partial charge in [-0.2, -0.15) is 0 Å². The molecule has 2 aromatic rings. The molecule has 1 amide bonds. The SMILES string of the molecule is CCC(=O)N1CCN(Cc2ccc3c(c2)OCO3)CC1Nc1ccc(O)cc1. The molecule has 1 fully saturated rings. The number of rotatable bonds is 5. The Morgan fingerprint density at radius 3 is 2.71 bits per heavy atom. The highest BCUT2D eigenvalue weighted by Crippen LogP contribution is 2.33. The zero-order valence-electron chi connectivity index (χ0n) is 15.9. The van der Waals surface area contributed by atoms with Crippen LogP contribution in [0, 0.1) is 0 Å². The Morgan fingerprint density at radius 1 is 1.14 bits per heavy atom. The molecule has 0 radical (unpaired) electrons. The molecule has 7 nitrogen and oxygen atoms in total. The van der Waals surface area contributed by atoms with E-state index in [1.165, 1.54) is 0 Å². The fourth-order valence-electron chi connectivity index (χ4n) is 3.66. The normalized spacial score (nSPS) is 18.9. The van der Waals surface area contributed by atoms with Crippen LogP contribution in [0.25, 0.3) is 0 Å². The minimum atomic E-state index is -0.125. The highest BCUT2D eigenvalue weighted by Gasteiger charge is 2.30. The van der Waals surface area contributed by atoms with Crippen LogP contribution in [-0.4, -0.2) is 53.4 Å². The van der Waals surface area contributed by atoms with Crippen LogP contribution in [0.3, 0.4) is 0 Å². The number of hydrogen-bond acceptors (Lipinski definition) is 6. The Morgan fingerprint density at radius 2 is 1.93 bits per heavy atom. The first kappa shape index (κ1) is 18.4. The number of ether oxygens (including phenoxy) is 2. The van der Waals surface area contributed by atoms with Gasteiger partial charge < -0.3 is 24.8 Å². The van der Waals surface area contributed by atoms with Crippen molar-refractivity contribution in [1.82, 2.24) is 9.80 Å². The lowest BCUT2D eigenvalue weighted by Gasteiger charge is -2.42. The molecule has 0 spiro atoms. The third-order valence-corrected chi connectivity index (χ3v) is 5.13. The summed E-state index contributed by atoms with van der Waals surface area (Å²) in [6.07, 6.45) is 0.357.